The normalized spacial score (nSPS) is 11.8. The summed E-state index contributed by atoms with van der Waals surface area (Å²) in [5.41, 5.74) is 5.88. The average molecular weight is 365 g/mol. The Hall–Kier alpha value is -2.62. The van der Waals surface area contributed by atoms with Crippen molar-refractivity contribution in [1.29, 1.82) is 0 Å². The summed E-state index contributed by atoms with van der Waals surface area (Å²) in [7, 11) is 0. The van der Waals surface area contributed by atoms with Crippen LogP contribution in [0, 0.1) is 6.92 Å². The number of nitrogens with zero attached hydrogens (tertiary/aromatic N) is 3. The van der Waals surface area contributed by atoms with Gasteiger partial charge >= 0.3 is 5.97 Å². The molecule has 0 unspecified atom stereocenters. The first-order chi connectivity index (χ1) is 11.9. The summed E-state index contributed by atoms with van der Waals surface area (Å²) in [6, 6.07) is 1.62. The Labute approximate surface area is 148 Å². The van der Waals surface area contributed by atoms with Gasteiger partial charge in [-0.3, -0.25) is 4.79 Å². The van der Waals surface area contributed by atoms with E-state index in [1.54, 1.807) is 19.9 Å². The Morgan fingerprint density at radius 3 is 2.76 bits per heavy atom. The molecule has 2 aromatic heterocycles. The molecule has 3 N–H and O–H groups in total. The van der Waals surface area contributed by atoms with E-state index in [2.05, 4.69) is 20.4 Å². The fraction of sp³-hybridized carbons (Fsp3) is 0.400. The van der Waals surface area contributed by atoms with Gasteiger partial charge in [-0.2, -0.15) is 0 Å². The van der Waals surface area contributed by atoms with Crippen LogP contribution in [0.1, 0.15) is 36.4 Å². The Bertz CT molecular complexity index is 764. The molecule has 0 aliphatic heterocycles. The van der Waals surface area contributed by atoms with Gasteiger partial charge in [0.1, 0.15) is 17.1 Å². The van der Waals surface area contributed by atoms with Gasteiger partial charge in [0.25, 0.3) is 0 Å². The SMILES string of the molecule is CCOC(=O)c1cnc(S[C@H](CC)C(=O)Nc2cc(C)on2)nc1N. The lowest BCUT2D eigenvalue weighted by atomic mass is 10.3. The number of aromatic nitrogens is 3. The van der Waals surface area contributed by atoms with Crippen molar-refractivity contribution < 1.29 is 18.8 Å². The number of carbonyl (C=O) groups excluding carboxylic acids is 2. The molecule has 0 aliphatic carbocycles. The van der Waals surface area contributed by atoms with E-state index >= 15 is 0 Å². The maximum atomic E-state index is 12.3. The molecule has 2 aromatic rings. The number of hydrogen-bond donors (Lipinski definition) is 2. The van der Waals surface area contributed by atoms with Crippen LogP contribution < -0.4 is 11.1 Å². The Morgan fingerprint density at radius 1 is 1.44 bits per heavy atom. The number of esters is 1. The summed E-state index contributed by atoms with van der Waals surface area (Å²) in [4.78, 5) is 32.2. The van der Waals surface area contributed by atoms with Crippen LogP contribution in [0.3, 0.4) is 0 Å². The molecule has 1 amide bonds. The Kier molecular flexibility index (Phi) is 6.34. The molecule has 10 heteroatoms. The second-order valence-corrected chi connectivity index (χ2v) is 6.17. The number of ether oxygens (including phenoxy) is 1. The molecule has 25 heavy (non-hydrogen) atoms. The van der Waals surface area contributed by atoms with Crippen molar-refractivity contribution in [2.75, 3.05) is 17.7 Å². The van der Waals surface area contributed by atoms with Crippen LogP contribution in [0.4, 0.5) is 11.6 Å². The van der Waals surface area contributed by atoms with Gasteiger partial charge in [-0.15, -0.1) is 0 Å². The molecule has 1 atom stereocenters. The number of nitrogens with one attached hydrogen (secondary N) is 1. The van der Waals surface area contributed by atoms with Gasteiger partial charge in [-0.25, -0.2) is 14.8 Å². The summed E-state index contributed by atoms with van der Waals surface area (Å²) < 4.78 is 9.78. The summed E-state index contributed by atoms with van der Waals surface area (Å²) >= 11 is 1.15. The predicted molar refractivity (Wildman–Crippen MR) is 92.2 cm³/mol. The van der Waals surface area contributed by atoms with Crippen LogP contribution in [0.25, 0.3) is 0 Å². The maximum Gasteiger partial charge on any atom is 0.343 e. The Morgan fingerprint density at radius 2 is 2.20 bits per heavy atom. The third-order valence-corrected chi connectivity index (χ3v) is 4.32. The van der Waals surface area contributed by atoms with E-state index in [0.29, 0.717) is 23.2 Å². The van der Waals surface area contributed by atoms with E-state index in [4.69, 9.17) is 15.0 Å². The lowest BCUT2D eigenvalue weighted by molar-refractivity contribution is -0.115. The number of nitrogens with two attached hydrogens (primary N) is 1. The standard InChI is InChI=1S/C15H19N5O4S/c1-4-10(13(21)18-11-6-8(3)24-20-11)25-15-17-7-9(12(16)19-15)14(22)23-5-2/h6-7,10H,4-5H2,1-3H3,(H2,16,17,19)(H,18,20,21)/t10-/m1/s1. The van der Waals surface area contributed by atoms with Crippen molar-refractivity contribution in [2.45, 2.75) is 37.6 Å². The molecule has 0 aromatic carbocycles. The van der Waals surface area contributed by atoms with Crippen LogP contribution in [-0.2, 0) is 9.53 Å². The number of rotatable bonds is 7. The minimum absolute atomic E-state index is 0.0123. The molecule has 0 saturated carbocycles. The molecule has 0 fully saturated rings. The van der Waals surface area contributed by atoms with E-state index in [-0.39, 0.29) is 23.9 Å². The topological polar surface area (TPSA) is 133 Å². The fourth-order valence-electron chi connectivity index (χ4n) is 1.88. The van der Waals surface area contributed by atoms with Gasteiger partial charge in [0.2, 0.25) is 5.91 Å². The van der Waals surface area contributed by atoms with E-state index in [0.717, 1.165) is 11.8 Å². The second-order valence-electron chi connectivity index (χ2n) is 5.00. The average Bonchev–Trinajstić information content (AvgIpc) is 2.97. The molecule has 0 saturated heterocycles. The summed E-state index contributed by atoms with van der Waals surface area (Å²) in [6.07, 6.45) is 1.84. The number of carbonyl (C=O) groups is 2. The number of hydrogen-bond acceptors (Lipinski definition) is 9. The largest absolute Gasteiger partial charge is 0.462 e. The smallest absolute Gasteiger partial charge is 0.343 e. The molecular weight excluding hydrogens is 346 g/mol. The molecule has 0 spiro atoms. The summed E-state index contributed by atoms with van der Waals surface area (Å²) in [5, 5.41) is 6.23. The first-order valence-corrected chi connectivity index (χ1v) is 8.53. The molecule has 9 nitrogen and oxygen atoms in total. The second kappa shape index (κ2) is 8.47. The van der Waals surface area contributed by atoms with Gasteiger partial charge in [-0.1, -0.05) is 23.8 Å². The number of nitrogen functional groups attached to an aromatic ring is 1. The van der Waals surface area contributed by atoms with E-state index in [9.17, 15) is 9.59 Å². The highest BCUT2D eigenvalue weighted by Gasteiger charge is 2.22. The van der Waals surface area contributed by atoms with Gasteiger partial charge < -0.3 is 20.3 Å². The highest BCUT2D eigenvalue weighted by molar-refractivity contribution is 8.00. The highest BCUT2D eigenvalue weighted by Crippen LogP contribution is 2.25. The monoisotopic (exact) mass is 365 g/mol. The molecule has 0 aliphatic rings. The third-order valence-electron chi connectivity index (χ3n) is 3.08. The lowest BCUT2D eigenvalue weighted by Crippen LogP contribution is -2.25. The lowest BCUT2D eigenvalue weighted by Gasteiger charge is -2.13. The molecule has 2 rings (SSSR count). The maximum absolute atomic E-state index is 12.3. The molecule has 2 heterocycles. The number of thioether (sulfide) groups is 1. The molecule has 134 valence electrons. The van der Waals surface area contributed by atoms with Crippen molar-refractivity contribution in [1.82, 2.24) is 15.1 Å². The number of amides is 1. The first-order valence-electron chi connectivity index (χ1n) is 7.65. The van der Waals surface area contributed by atoms with Crippen molar-refractivity contribution in [3.05, 3.63) is 23.6 Å². The van der Waals surface area contributed by atoms with E-state index in [1.165, 1.54) is 6.20 Å². The van der Waals surface area contributed by atoms with Crippen LogP contribution in [-0.4, -0.2) is 38.9 Å². The van der Waals surface area contributed by atoms with Crippen molar-refractivity contribution in [3.63, 3.8) is 0 Å². The third kappa shape index (κ3) is 4.92. The van der Waals surface area contributed by atoms with Gasteiger partial charge in [0, 0.05) is 12.3 Å². The van der Waals surface area contributed by atoms with Crippen molar-refractivity contribution >= 4 is 35.3 Å². The minimum Gasteiger partial charge on any atom is -0.462 e. The van der Waals surface area contributed by atoms with Crippen LogP contribution in [0.5, 0.6) is 0 Å². The zero-order valence-electron chi connectivity index (χ0n) is 14.1. The zero-order valence-corrected chi connectivity index (χ0v) is 14.9. The van der Waals surface area contributed by atoms with Crippen molar-refractivity contribution in [2.24, 2.45) is 0 Å². The number of aryl methyl sites for hydroxylation is 1. The van der Waals surface area contributed by atoms with Gasteiger partial charge in [0.15, 0.2) is 11.0 Å². The van der Waals surface area contributed by atoms with E-state index < -0.39 is 11.2 Å². The van der Waals surface area contributed by atoms with Crippen molar-refractivity contribution in [3.8, 4) is 0 Å². The fourth-order valence-corrected chi connectivity index (χ4v) is 2.73. The van der Waals surface area contributed by atoms with Crippen LogP contribution in [0.15, 0.2) is 21.9 Å². The molecule has 0 radical (unpaired) electrons. The zero-order chi connectivity index (χ0) is 18.4. The predicted octanol–water partition coefficient (Wildman–Crippen LogP) is 2.04. The quantitative estimate of drug-likeness (QED) is 0.429. The number of anilines is 2. The van der Waals surface area contributed by atoms with E-state index in [1.807, 2.05) is 6.92 Å². The Balaban J connectivity index is 2.06. The first kappa shape index (κ1) is 18.7. The minimum atomic E-state index is -0.581. The van der Waals surface area contributed by atoms with Gasteiger partial charge in [0.05, 0.1) is 11.9 Å². The summed E-state index contributed by atoms with van der Waals surface area (Å²) in [5.74, 6) is 0.125. The highest BCUT2D eigenvalue weighted by atomic mass is 32.2. The van der Waals surface area contributed by atoms with Crippen LogP contribution in [0.2, 0.25) is 0 Å². The summed E-state index contributed by atoms with van der Waals surface area (Å²) in [6.45, 7) is 5.52. The molecular formula is C15H19N5O4S. The van der Waals surface area contributed by atoms with Gasteiger partial charge in [-0.05, 0) is 20.3 Å². The van der Waals surface area contributed by atoms with Crippen LogP contribution >= 0.6 is 11.8 Å². The molecule has 0 bridgehead atoms.